The third-order valence-corrected chi connectivity index (χ3v) is 3.16. The maximum Gasteiger partial charge on any atom is 0.119 e. The number of methoxy groups -OCH3 is 1. The number of rotatable bonds is 7. The fraction of sp³-hybridized carbons (Fsp3) is 0.357. The van der Waals surface area contributed by atoms with Gasteiger partial charge in [-0.1, -0.05) is 29.8 Å². The molecule has 6 heteroatoms. The highest BCUT2D eigenvalue weighted by atomic mass is 35.5. The minimum Gasteiger partial charge on any atom is -0.492 e. The highest BCUT2D eigenvalue weighted by molar-refractivity contribution is 6.31. The molecule has 1 unspecified atom stereocenters. The molecule has 1 atom stereocenters. The van der Waals surface area contributed by atoms with Gasteiger partial charge in [-0.25, -0.2) is 0 Å². The number of nitrogens with zero attached hydrogens (tertiary/aromatic N) is 2. The highest BCUT2D eigenvalue weighted by Gasteiger charge is 2.17. The Labute approximate surface area is 123 Å². The van der Waals surface area contributed by atoms with Gasteiger partial charge in [-0.05, 0) is 12.1 Å². The number of ether oxygens (including phenoxy) is 2. The van der Waals surface area contributed by atoms with Crippen molar-refractivity contribution < 1.29 is 9.47 Å². The molecule has 0 aliphatic rings. The Morgan fingerprint density at radius 1 is 1.35 bits per heavy atom. The Morgan fingerprint density at radius 2 is 2.10 bits per heavy atom. The molecule has 1 aromatic heterocycles. The van der Waals surface area contributed by atoms with Crippen LogP contribution in [0, 0.1) is 0 Å². The van der Waals surface area contributed by atoms with Crippen molar-refractivity contribution in [3.8, 4) is 5.75 Å². The summed E-state index contributed by atoms with van der Waals surface area (Å²) in [6.07, 6.45) is 1.59. The first-order chi connectivity index (χ1) is 9.72. The van der Waals surface area contributed by atoms with Crippen LogP contribution in [-0.2, 0) is 11.3 Å². The van der Waals surface area contributed by atoms with Crippen molar-refractivity contribution in [1.29, 1.82) is 0 Å². The summed E-state index contributed by atoms with van der Waals surface area (Å²) < 4.78 is 12.4. The fourth-order valence-electron chi connectivity index (χ4n) is 1.88. The quantitative estimate of drug-likeness (QED) is 0.851. The molecule has 0 saturated carbocycles. The van der Waals surface area contributed by atoms with Crippen LogP contribution in [0.4, 0.5) is 0 Å². The Kier molecular flexibility index (Phi) is 5.40. The van der Waals surface area contributed by atoms with Crippen molar-refractivity contribution >= 4 is 11.6 Å². The maximum atomic E-state index is 6.15. The minimum atomic E-state index is -0.345. The van der Waals surface area contributed by atoms with Gasteiger partial charge in [-0.3, -0.25) is 4.68 Å². The van der Waals surface area contributed by atoms with E-state index in [4.69, 9.17) is 26.8 Å². The van der Waals surface area contributed by atoms with E-state index in [0.717, 1.165) is 11.4 Å². The van der Waals surface area contributed by atoms with Crippen LogP contribution >= 0.6 is 11.6 Å². The molecule has 0 bridgehead atoms. The van der Waals surface area contributed by atoms with E-state index in [1.54, 1.807) is 18.0 Å². The van der Waals surface area contributed by atoms with Crippen molar-refractivity contribution in [3.05, 3.63) is 47.2 Å². The van der Waals surface area contributed by atoms with Crippen molar-refractivity contribution in [2.45, 2.75) is 12.6 Å². The van der Waals surface area contributed by atoms with E-state index in [1.807, 2.05) is 30.3 Å². The van der Waals surface area contributed by atoms with Gasteiger partial charge in [0.05, 0.1) is 36.1 Å². The number of nitrogens with two attached hydrogens (primary N) is 1. The number of hydrogen-bond acceptors (Lipinski definition) is 4. The van der Waals surface area contributed by atoms with Gasteiger partial charge in [0.2, 0.25) is 0 Å². The van der Waals surface area contributed by atoms with Gasteiger partial charge >= 0.3 is 0 Å². The van der Waals surface area contributed by atoms with Crippen LogP contribution in [0.15, 0.2) is 36.5 Å². The van der Waals surface area contributed by atoms with Crippen LogP contribution in [0.1, 0.15) is 11.7 Å². The van der Waals surface area contributed by atoms with Gasteiger partial charge in [-0.15, -0.1) is 0 Å². The summed E-state index contributed by atoms with van der Waals surface area (Å²) in [6, 6.07) is 9.19. The van der Waals surface area contributed by atoms with Crippen molar-refractivity contribution in [1.82, 2.24) is 9.78 Å². The number of para-hydroxylation sites is 1. The molecule has 0 fully saturated rings. The van der Waals surface area contributed by atoms with Gasteiger partial charge in [0, 0.05) is 7.11 Å². The lowest BCUT2D eigenvalue weighted by Gasteiger charge is -2.16. The topological polar surface area (TPSA) is 62.3 Å². The second kappa shape index (κ2) is 7.28. The highest BCUT2D eigenvalue weighted by Crippen LogP contribution is 2.22. The van der Waals surface area contributed by atoms with Crippen LogP contribution < -0.4 is 10.5 Å². The molecule has 108 valence electrons. The Morgan fingerprint density at radius 3 is 2.80 bits per heavy atom. The summed E-state index contributed by atoms with van der Waals surface area (Å²) >= 11 is 6.14. The summed E-state index contributed by atoms with van der Waals surface area (Å²) in [5.74, 6) is 0.780. The first-order valence-electron chi connectivity index (χ1n) is 6.36. The normalized spacial score (nSPS) is 12.3. The monoisotopic (exact) mass is 295 g/mol. The second-order valence-corrected chi connectivity index (χ2v) is 4.73. The Bertz CT molecular complexity index is 530. The minimum absolute atomic E-state index is 0.336. The lowest BCUT2D eigenvalue weighted by Crippen LogP contribution is -2.24. The zero-order valence-corrected chi connectivity index (χ0v) is 12.1. The predicted molar refractivity (Wildman–Crippen MR) is 78.0 cm³/mol. The van der Waals surface area contributed by atoms with E-state index in [2.05, 4.69) is 5.10 Å². The van der Waals surface area contributed by atoms with Gasteiger partial charge in [-0.2, -0.15) is 5.10 Å². The second-order valence-electron chi connectivity index (χ2n) is 4.32. The first-order valence-corrected chi connectivity index (χ1v) is 6.73. The molecule has 2 rings (SSSR count). The Hall–Kier alpha value is -1.56. The largest absolute Gasteiger partial charge is 0.492 e. The summed E-state index contributed by atoms with van der Waals surface area (Å²) in [5, 5.41) is 4.75. The molecule has 5 nitrogen and oxygen atoms in total. The summed E-state index contributed by atoms with van der Waals surface area (Å²) in [7, 11) is 1.64. The smallest absolute Gasteiger partial charge is 0.119 e. The average Bonchev–Trinajstić information content (AvgIpc) is 2.84. The van der Waals surface area contributed by atoms with Crippen LogP contribution in [0.2, 0.25) is 5.02 Å². The predicted octanol–water partition coefficient (Wildman–Crippen LogP) is 2.26. The average molecular weight is 296 g/mol. The van der Waals surface area contributed by atoms with E-state index in [1.165, 1.54) is 0 Å². The zero-order chi connectivity index (χ0) is 14.4. The summed E-state index contributed by atoms with van der Waals surface area (Å²) in [6.45, 7) is 1.50. The molecule has 2 aromatic rings. The molecule has 0 aliphatic carbocycles. The number of halogens is 1. The molecule has 0 amide bonds. The molecule has 1 aromatic carbocycles. The van der Waals surface area contributed by atoms with Gasteiger partial charge < -0.3 is 15.2 Å². The molecule has 0 radical (unpaired) electrons. The van der Waals surface area contributed by atoms with Crippen molar-refractivity contribution in [3.63, 3.8) is 0 Å². The first kappa shape index (κ1) is 14.8. The van der Waals surface area contributed by atoms with E-state index in [9.17, 15) is 0 Å². The van der Waals surface area contributed by atoms with Crippen LogP contribution in [0.5, 0.6) is 5.75 Å². The van der Waals surface area contributed by atoms with Gasteiger partial charge in [0.15, 0.2) is 0 Å². The van der Waals surface area contributed by atoms with Crippen molar-refractivity contribution in [2.24, 2.45) is 5.73 Å². The third-order valence-electron chi connectivity index (χ3n) is 2.86. The number of benzene rings is 1. The molecular formula is C14H18ClN3O2. The molecule has 0 saturated heterocycles. The lowest BCUT2D eigenvalue weighted by atomic mass is 10.2. The molecule has 1 heterocycles. The van der Waals surface area contributed by atoms with E-state index < -0.39 is 0 Å². The maximum absolute atomic E-state index is 6.15. The van der Waals surface area contributed by atoms with E-state index >= 15 is 0 Å². The van der Waals surface area contributed by atoms with Gasteiger partial charge in [0.1, 0.15) is 12.4 Å². The lowest BCUT2D eigenvalue weighted by molar-refractivity contribution is 0.181. The molecule has 0 aliphatic heterocycles. The van der Waals surface area contributed by atoms with E-state index in [-0.39, 0.29) is 6.04 Å². The Balaban J connectivity index is 2.01. The molecular weight excluding hydrogens is 278 g/mol. The van der Waals surface area contributed by atoms with Gasteiger partial charge in [0.25, 0.3) is 0 Å². The van der Waals surface area contributed by atoms with Crippen LogP contribution in [-0.4, -0.2) is 30.1 Å². The number of hydrogen-bond donors (Lipinski definition) is 1. The SMILES string of the molecule is COCCn1ncc(Cl)c1C(N)COc1ccccc1. The molecule has 2 N–H and O–H groups in total. The fourth-order valence-corrected chi connectivity index (χ4v) is 2.16. The summed E-state index contributed by atoms with van der Waals surface area (Å²) in [4.78, 5) is 0. The zero-order valence-electron chi connectivity index (χ0n) is 11.3. The molecule has 20 heavy (non-hydrogen) atoms. The standard InChI is InChI=1S/C14H18ClN3O2/c1-19-8-7-18-14(12(15)9-17-18)13(16)10-20-11-5-3-2-4-6-11/h2-6,9,13H,7-8,10,16H2,1H3. The van der Waals surface area contributed by atoms with Crippen LogP contribution in [0.3, 0.4) is 0 Å². The van der Waals surface area contributed by atoms with Crippen molar-refractivity contribution in [2.75, 3.05) is 20.3 Å². The summed E-state index contributed by atoms with van der Waals surface area (Å²) in [5.41, 5.74) is 6.91. The third kappa shape index (κ3) is 3.72. The van der Waals surface area contributed by atoms with Crippen LogP contribution in [0.25, 0.3) is 0 Å². The van der Waals surface area contributed by atoms with E-state index in [0.29, 0.717) is 24.8 Å². The number of aromatic nitrogens is 2. The molecule has 0 spiro atoms.